The first-order valence-electron chi connectivity index (χ1n) is 14.2. The number of aliphatic hydroxyl groups excluding tert-OH is 3. The van der Waals surface area contributed by atoms with Gasteiger partial charge in [-0.1, -0.05) is 40.2 Å². The Hall–Kier alpha value is -0.950. The summed E-state index contributed by atoms with van der Waals surface area (Å²) >= 11 is 0. The predicted molar refractivity (Wildman–Crippen MR) is 137 cm³/mol. The van der Waals surface area contributed by atoms with Gasteiger partial charge in [-0.3, -0.25) is 4.79 Å². The van der Waals surface area contributed by atoms with Crippen molar-refractivity contribution >= 4 is 5.97 Å². The van der Waals surface area contributed by atoms with Crippen molar-refractivity contribution in [1.82, 2.24) is 0 Å². The minimum atomic E-state index is -0.932. The summed E-state index contributed by atoms with van der Waals surface area (Å²) in [6.07, 6.45) is 4.72. The minimum Gasteiger partial charge on any atom is -0.481 e. The molecule has 4 fully saturated rings. The number of aliphatic carboxylic acids is 1. The van der Waals surface area contributed by atoms with Gasteiger partial charge in [0.15, 0.2) is 0 Å². The minimum absolute atomic E-state index is 0.0924. The van der Waals surface area contributed by atoms with Gasteiger partial charge in [-0.05, 0) is 98.4 Å². The Bertz CT molecular complexity index is 988. The van der Waals surface area contributed by atoms with Crippen LogP contribution in [0, 0.1) is 44.8 Å². The monoisotopic (exact) mass is 504 g/mol. The van der Waals surface area contributed by atoms with Crippen LogP contribution in [-0.4, -0.2) is 55.9 Å². The maximum Gasteiger partial charge on any atom is 0.313 e. The topological polar surface area (TPSA) is 118 Å². The van der Waals surface area contributed by atoms with E-state index in [4.69, 9.17) is 0 Å². The highest BCUT2D eigenvalue weighted by atomic mass is 16.4. The highest BCUT2D eigenvalue weighted by molar-refractivity contribution is 5.80. The largest absolute Gasteiger partial charge is 0.481 e. The van der Waals surface area contributed by atoms with Gasteiger partial charge >= 0.3 is 5.97 Å². The van der Waals surface area contributed by atoms with Gasteiger partial charge in [0.25, 0.3) is 0 Å². The number of fused-ring (bicyclic) bond motifs is 6. The Kier molecular flexibility index (Phi) is 5.77. The van der Waals surface area contributed by atoms with E-state index in [2.05, 4.69) is 20.8 Å². The molecule has 0 saturated heterocycles. The molecule has 0 aliphatic heterocycles. The summed E-state index contributed by atoms with van der Waals surface area (Å²) in [6, 6.07) is 0. The van der Waals surface area contributed by atoms with Crippen LogP contribution in [-0.2, 0) is 4.79 Å². The lowest BCUT2D eigenvalue weighted by Gasteiger charge is -2.71. The van der Waals surface area contributed by atoms with Crippen LogP contribution >= 0.6 is 0 Å². The molecule has 0 heterocycles. The molecule has 4 saturated carbocycles. The molecule has 11 atom stereocenters. The molecule has 0 bridgehead atoms. The normalized spacial score (nSPS) is 56.8. The number of rotatable bonds is 2. The van der Waals surface area contributed by atoms with Crippen LogP contribution in [0.5, 0.6) is 0 Å². The Morgan fingerprint density at radius 2 is 1.58 bits per heavy atom. The number of allylic oxidation sites excluding steroid dienone is 1. The Morgan fingerprint density at radius 1 is 0.944 bits per heavy atom. The maximum absolute atomic E-state index is 12.8. The van der Waals surface area contributed by atoms with Crippen molar-refractivity contribution in [2.45, 2.75) is 117 Å². The van der Waals surface area contributed by atoms with Crippen molar-refractivity contribution < 1.29 is 30.3 Å². The Morgan fingerprint density at radius 3 is 2.19 bits per heavy atom. The van der Waals surface area contributed by atoms with E-state index in [9.17, 15) is 30.3 Å². The van der Waals surface area contributed by atoms with Crippen LogP contribution in [0.3, 0.4) is 0 Å². The number of carbonyl (C=O) groups is 1. The van der Waals surface area contributed by atoms with E-state index >= 15 is 0 Å². The average Bonchev–Trinajstić information content (AvgIpc) is 2.80. The van der Waals surface area contributed by atoms with E-state index in [1.54, 1.807) is 0 Å². The second kappa shape index (κ2) is 7.80. The molecule has 5 N–H and O–H groups in total. The van der Waals surface area contributed by atoms with E-state index in [0.717, 1.165) is 37.7 Å². The quantitative estimate of drug-likeness (QED) is 0.358. The first-order chi connectivity index (χ1) is 16.5. The third kappa shape index (κ3) is 2.96. The molecule has 6 heteroatoms. The van der Waals surface area contributed by atoms with Gasteiger partial charge in [-0.25, -0.2) is 0 Å². The second-order valence-electron chi connectivity index (χ2n) is 14.7. The summed E-state index contributed by atoms with van der Waals surface area (Å²) in [6.45, 7) is 12.7. The van der Waals surface area contributed by atoms with E-state index in [1.165, 1.54) is 5.57 Å². The summed E-state index contributed by atoms with van der Waals surface area (Å²) in [5, 5.41) is 54.2. The van der Waals surface area contributed by atoms with Crippen molar-refractivity contribution in [2.75, 3.05) is 6.61 Å². The number of hydrogen-bond acceptors (Lipinski definition) is 5. The lowest BCUT2D eigenvalue weighted by Crippen LogP contribution is -2.68. The van der Waals surface area contributed by atoms with Crippen molar-refractivity contribution in [1.29, 1.82) is 0 Å². The van der Waals surface area contributed by atoms with Gasteiger partial charge in [0, 0.05) is 11.3 Å². The summed E-state index contributed by atoms with van der Waals surface area (Å²) in [5.41, 5.74) is -0.740. The van der Waals surface area contributed by atoms with Gasteiger partial charge in [-0.15, -0.1) is 0 Å². The second-order valence-corrected chi connectivity index (χ2v) is 14.7. The molecule has 0 amide bonds. The van der Waals surface area contributed by atoms with Gasteiger partial charge < -0.3 is 25.5 Å². The zero-order valence-electron chi connectivity index (χ0n) is 23.1. The maximum atomic E-state index is 12.8. The molecule has 0 unspecified atom stereocenters. The molecule has 6 nitrogen and oxygen atoms in total. The smallest absolute Gasteiger partial charge is 0.313 e. The van der Waals surface area contributed by atoms with Crippen molar-refractivity contribution in [3.05, 3.63) is 11.1 Å². The molecule has 204 valence electrons. The van der Waals surface area contributed by atoms with Crippen molar-refractivity contribution in [3.63, 3.8) is 0 Å². The molecule has 5 rings (SSSR count). The van der Waals surface area contributed by atoms with Crippen LogP contribution in [0.15, 0.2) is 11.1 Å². The van der Waals surface area contributed by atoms with Gasteiger partial charge in [0.2, 0.25) is 0 Å². The van der Waals surface area contributed by atoms with E-state index in [-0.39, 0.29) is 34.7 Å². The van der Waals surface area contributed by atoms with Crippen LogP contribution in [0.1, 0.15) is 99.3 Å². The fourth-order valence-corrected chi connectivity index (χ4v) is 10.9. The molecular formula is C30H48O6. The highest BCUT2D eigenvalue weighted by Gasteiger charge is 2.70. The summed E-state index contributed by atoms with van der Waals surface area (Å²) in [5.74, 6) is -0.531. The zero-order valence-corrected chi connectivity index (χ0v) is 23.1. The molecule has 0 aromatic carbocycles. The van der Waals surface area contributed by atoms with Gasteiger partial charge in [-0.2, -0.15) is 0 Å². The van der Waals surface area contributed by atoms with Crippen LogP contribution in [0.2, 0.25) is 0 Å². The summed E-state index contributed by atoms with van der Waals surface area (Å²) in [7, 11) is 0. The lowest BCUT2D eigenvalue weighted by atomic mass is 9.33. The average molecular weight is 505 g/mol. The Labute approximate surface area is 216 Å². The SMILES string of the molecule is C[C@@H]1C2=C3CC[C@@H]4[C@@]5(C)C[C@@H](O)[C@@H](O)[C@](C)(CO)[C@@H]5CC[C@@]4(C)[C@]3(C)CC[C@@]2(C(=O)O)CC[C@]1(C)O. The predicted octanol–water partition coefficient (Wildman–Crippen LogP) is 4.29. The highest BCUT2D eigenvalue weighted by Crippen LogP contribution is 2.75. The van der Waals surface area contributed by atoms with Crippen molar-refractivity contribution in [3.8, 4) is 0 Å². The summed E-state index contributed by atoms with van der Waals surface area (Å²) < 4.78 is 0. The zero-order chi connectivity index (χ0) is 26.7. The molecule has 0 aromatic heterocycles. The number of hydrogen-bond donors (Lipinski definition) is 5. The standard InChI is InChI=1S/C30H48O6/c1-17-22-18-7-8-21-25(2)15-19(32)23(33)26(3,16-31)20(25)9-10-28(21,5)27(18,4)11-13-30(22,24(34)35)14-12-29(17,6)36/h17,19-21,23,31-33,36H,7-16H2,1-6H3,(H,34,35)/t17-,19-,20-,21-,23-,25+,26-,27-,28-,29+,30-/m1/s1. The molecule has 36 heavy (non-hydrogen) atoms. The third-order valence-electron chi connectivity index (χ3n) is 13.5. The van der Waals surface area contributed by atoms with Crippen LogP contribution in [0.4, 0.5) is 0 Å². The third-order valence-corrected chi connectivity index (χ3v) is 13.5. The number of carboxylic acid groups (broad SMARTS) is 1. The molecule has 0 spiro atoms. The number of carboxylic acids is 1. The molecule has 5 aliphatic carbocycles. The fraction of sp³-hybridized carbons (Fsp3) is 0.900. The first-order valence-corrected chi connectivity index (χ1v) is 14.2. The molecular weight excluding hydrogens is 456 g/mol. The van der Waals surface area contributed by atoms with Gasteiger partial charge in [0.1, 0.15) is 0 Å². The van der Waals surface area contributed by atoms with Gasteiger partial charge in [0.05, 0.1) is 29.8 Å². The summed E-state index contributed by atoms with van der Waals surface area (Å²) in [4.78, 5) is 12.8. The lowest BCUT2D eigenvalue weighted by molar-refractivity contribution is -0.245. The van der Waals surface area contributed by atoms with E-state index in [1.807, 2.05) is 20.8 Å². The molecule has 0 aromatic rings. The van der Waals surface area contributed by atoms with Crippen LogP contribution < -0.4 is 0 Å². The first kappa shape index (κ1) is 26.6. The fourth-order valence-electron chi connectivity index (χ4n) is 10.9. The Balaban J connectivity index is 1.65. The number of aliphatic hydroxyl groups is 4. The van der Waals surface area contributed by atoms with Crippen molar-refractivity contribution in [2.24, 2.45) is 44.8 Å². The van der Waals surface area contributed by atoms with Crippen LogP contribution in [0.25, 0.3) is 0 Å². The molecule has 5 aliphatic rings. The molecule has 0 radical (unpaired) electrons. The van der Waals surface area contributed by atoms with E-state index < -0.39 is 34.6 Å². The van der Waals surface area contributed by atoms with E-state index in [0.29, 0.717) is 31.6 Å².